The SMILES string of the molecule is C#CCC(CC)NS(=O)(=O)c1cc(C(=O)O)cc(Br)c1C. The fraction of sp³-hybridized carbons (Fsp3) is 0.357. The van der Waals surface area contributed by atoms with Gasteiger partial charge in [-0.25, -0.2) is 17.9 Å². The first-order chi connectivity index (χ1) is 9.72. The van der Waals surface area contributed by atoms with Gasteiger partial charge in [0.1, 0.15) is 0 Å². The molecule has 7 heteroatoms. The molecule has 0 spiro atoms. The Balaban J connectivity index is 3.31. The second-order valence-corrected chi connectivity index (χ2v) is 7.06. The van der Waals surface area contributed by atoms with Crippen LogP contribution in [0.15, 0.2) is 21.5 Å². The lowest BCUT2D eigenvalue weighted by atomic mass is 10.1. The minimum atomic E-state index is -3.84. The van der Waals surface area contributed by atoms with Gasteiger partial charge in [-0.1, -0.05) is 22.9 Å². The van der Waals surface area contributed by atoms with Gasteiger partial charge in [-0.05, 0) is 31.0 Å². The molecule has 1 atom stereocenters. The number of terminal acetylenes is 1. The smallest absolute Gasteiger partial charge is 0.335 e. The van der Waals surface area contributed by atoms with E-state index in [-0.39, 0.29) is 22.9 Å². The van der Waals surface area contributed by atoms with Gasteiger partial charge in [0.05, 0.1) is 10.5 Å². The monoisotopic (exact) mass is 373 g/mol. The number of nitrogens with one attached hydrogen (secondary N) is 1. The first kappa shape index (κ1) is 17.7. The molecule has 0 bridgehead atoms. The van der Waals surface area contributed by atoms with E-state index < -0.39 is 16.0 Å². The molecule has 2 N–H and O–H groups in total. The molecule has 1 aromatic carbocycles. The molecular formula is C14H16BrNO4S. The van der Waals surface area contributed by atoms with Crippen LogP contribution in [-0.2, 0) is 10.0 Å². The third-order valence-electron chi connectivity index (χ3n) is 3.01. The maximum absolute atomic E-state index is 12.4. The Labute approximate surface area is 132 Å². The summed E-state index contributed by atoms with van der Waals surface area (Å²) in [6.07, 6.45) is 6.03. The summed E-state index contributed by atoms with van der Waals surface area (Å²) in [6.45, 7) is 3.42. The van der Waals surface area contributed by atoms with Gasteiger partial charge in [-0.3, -0.25) is 0 Å². The highest BCUT2D eigenvalue weighted by molar-refractivity contribution is 9.10. The Morgan fingerprint density at radius 1 is 1.52 bits per heavy atom. The molecule has 1 rings (SSSR count). The first-order valence-electron chi connectivity index (χ1n) is 6.22. The number of carboxylic acid groups (broad SMARTS) is 1. The summed E-state index contributed by atoms with van der Waals surface area (Å²) in [5, 5.41) is 9.04. The van der Waals surface area contributed by atoms with Crippen molar-refractivity contribution < 1.29 is 18.3 Å². The highest BCUT2D eigenvalue weighted by Gasteiger charge is 2.23. The van der Waals surface area contributed by atoms with Crippen molar-refractivity contribution in [2.45, 2.75) is 37.6 Å². The van der Waals surface area contributed by atoms with Gasteiger partial charge < -0.3 is 5.11 Å². The van der Waals surface area contributed by atoms with Gasteiger partial charge in [0.25, 0.3) is 0 Å². The predicted octanol–water partition coefficient (Wildman–Crippen LogP) is 2.54. The summed E-state index contributed by atoms with van der Waals surface area (Å²) in [4.78, 5) is 11.0. The van der Waals surface area contributed by atoms with Crippen molar-refractivity contribution >= 4 is 31.9 Å². The maximum Gasteiger partial charge on any atom is 0.335 e. The Hall–Kier alpha value is -1.36. The van der Waals surface area contributed by atoms with E-state index in [0.717, 1.165) is 6.07 Å². The molecule has 0 saturated carbocycles. The minimum absolute atomic E-state index is 0.0650. The van der Waals surface area contributed by atoms with Gasteiger partial charge in [0.2, 0.25) is 10.0 Å². The molecule has 0 fully saturated rings. The van der Waals surface area contributed by atoms with Gasteiger partial charge in [-0.15, -0.1) is 12.3 Å². The predicted molar refractivity (Wildman–Crippen MR) is 83.7 cm³/mol. The van der Waals surface area contributed by atoms with Gasteiger partial charge in [0.15, 0.2) is 0 Å². The standard InChI is InChI=1S/C14H16BrNO4S/c1-4-6-11(5-2)16-21(19,20)13-8-10(14(17)18)7-12(15)9(13)3/h1,7-8,11,16H,5-6H2,2-3H3,(H,17,18). The van der Waals surface area contributed by atoms with Gasteiger partial charge in [-0.2, -0.15) is 0 Å². The van der Waals surface area contributed by atoms with Crippen LogP contribution in [-0.4, -0.2) is 25.5 Å². The zero-order valence-corrected chi connectivity index (χ0v) is 14.1. The summed E-state index contributed by atoms with van der Waals surface area (Å²) in [6, 6.07) is 2.13. The first-order valence-corrected chi connectivity index (χ1v) is 8.49. The molecule has 0 heterocycles. The normalized spacial score (nSPS) is 12.7. The van der Waals surface area contributed by atoms with Gasteiger partial charge in [0, 0.05) is 16.9 Å². The van der Waals surface area contributed by atoms with E-state index in [4.69, 9.17) is 11.5 Å². The molecule has 5 nitrogen and oxygen atoms in total. The fourth-order valence-corrected chi connectivity index (χ4v) is 3.95. The molecule has 0 aliphatic rings. The summed E-state index contributed by atoms with van der Waals surface area (Å²) < 4.78 is 27.8. The fourth-order valence-electron chi connectivity index (χ4n) is 1.75. The van der Waals surface area contributed by atoms with Crippen molar-refractivity contribution in [3.8, 4) is 12.3 Å². The molecule has 0 aliphatic carbocycles. The number of carboxylic acids is 1. The maximum atomic E-state index is 12.4. The quantitative estimate of drug-likeness (QED) is 0.750. The van der Waals surface area contributed by atoms with Crippen molar-refractivity contribution in [3.05, 3.63) is 27.7 Å². The minimum Gasteiger partial charge on any atom is -0.478 e. The van der Waals surface area contributed by atoms with Crippen LogP contribution >= 0.6 is 15.9 Å². The number of sulfonamides is 1. The van der Waals surface area contributed by atoms with E-state index in [1.165, 1.54) is 6.07 Å². The van der Waals surface area contributed by atoms with Crippen LogP contribution < -0.4 is 4.72 Å². The molecule has 1 unspecified atom stereocenters. The summed E-state index contributed by atoms with van der Waals surface area (Å²) in [5.74, 6) is 1.23. The Bertz CT molecular complexity index is 692. The molecule has 0 aromatic heterocycles. The topological polar surface area (TPSA) is 83.5 Å². The van der Waals surface area contributed by atoms with Crippen molar-refractivity contribution in [1.82, 2.24) is 4.72 Å². The number of benzene rings is 1. The van der Waals surface area contributed by atoms with Crippen LogP contribution in [0.4, 0.5) is 0 Å². The second kappa shape index (κ2) is 7.07. The lowest BCUT2D eigenvalue weighted by Gasteiger charge is -2.17. The highest BCUT2D eigenvalue weighted by atomic mass is 79.9. The zero-order chi connectivity index (χ0) is 16.2. The van der Waals surface area contributed by atoms with Crippen LogP contribution in [0.25, 0.3) is 0 Å². The Morgan fingerprint density at radius 3 is 2.62 bits per heavy atom. The van der Waals surface area contributed by atoms with E-state index in [9.17, 15) is 13.2 Å². The third kappa shape index (κ3) is 4.30. The molecule has 0 aliphatic heterocycles. The van der Waals surface area contributed by atoms with E-state index >= 15 is 0 Å². The second-order valence-electron chi connectivity index (χ2n) is 4.52. The summed E-state index contributed by atoms with van der Waals surface area (Å²) >= 11 is 3.18. The average molecular weight is 374 g/mol. The van der Waals surface area contributed by atoms with E-state index in [1.54, 1.807) is 6.92 Å². The molecule has 114 valence electrons. The lowest BCUT2D eigenvalue weighted by Crippen LogP contribution is -2.34. The van der Waals surface area contributed by atoms with Crippen molar-refractivity contribution in [3.63, 3.8) is 0 Å². The third-order valence-corrected chi connectivity index (χ3v) is 5.48. The van der Waals surface area contributed by atoms with Crippen LogP contribution in [0.1, 0.15) is 35.7 Å². The number of hydrogen-bond donors (Lipinski definition) is 2. The van der Waals surface area contributed by atoms with E-state index in [2.05, 4.69) is 26.6 Å². The van der Waals surface area contributed by atoms with Crippen LogP contribution in [0, 0.1) is 19.3 Å². The van der Waals surface area contributed by atoms with Crippen molar-refractivity contribution in [1.29, 1.82) is 0 Å². The van der Waals surface area contributed by atoms with Crippen molar-refractivity contribution in [2.24, 2.45) is 0 Å². The molecule has 0 saturated heterocycles. The van der Waals surface area contributed by atoms with Gasteiger partial charge >= 0.3 is 5.97 Å². The van der Waals surface area contributed by atoms with E-state index in [1.807, 2.05) is 6.92 Å². The van der Waals surface area contributed by atoms with Crippen molar-refractivity contribution in [2.75, 3.05) is 0 Å². The average Bonchev–Trinajstić information content (AvgIpc) is 2.40. The largest absolute Gasteiger partial charge is 0.478 e. The molecule has 0 radical (unpaired) electrons. The molecule has 21 heavy (non-hydrogen) atoms. The Kier molecular flexibility index (Phi) is 5.96. The molecular weight excluding hydrogens is 358 g/mol. The molecule has 1 aromatic rings. The number of hydrogen-bond acceptors (Lipinski definition) is 3. The van der Waals surface area contributed by atoms with Crippen LogP contribution in [0.2, 0.25) is 0 Å². The number of aromatic carboxylic acids is 1. The Morgan fingerprint density at radius 2 is 2.14 bits per heavy atom. The summed E-state index contributed by atoms with van der Waals surface area (Å²) in [7, 11) is -3.84. The number of carbonyl (C=O) groups is 1. The highest BCUT2D eigenvalue weighted by Crippen LogP contribution is 2.26. The lowest BCUT2D eigenvalue weighted by molar-refractivity contribution is 0.0696. The summed E-state index contributed by atoms with van der Waals surface area (Å²) in [5.41, 5.74) is 0.348. The zero-order valence-electron chi connectivity index (χ0n) is 11.7. The van der Waals surface area contributed by atoms with Crippen LogP contribution in [0.3, 0.4) is 0 Å². The molecule has 0 amide bonds. The van der Waals surface area contributed by atoms with E-state index in [0.29, 0.717) is 16.5 Å². The number of halogens is 1. The van der Waals surface area contributed by atoms with Crippen LogP contribution in [0.5, 0.6) is 0 Å². The number of rotatable bonds is 6.